The Morgan fingerprint density at radius 1 is 1.59 bits per heavy atom. The van der Waals surface area contributed by atoms with E-state index < -0.39 is 0 Å². The fourth-order valence-electron chi connectivity index (χ4n) is 2.01. The van der Waals surface area contributed by atoms with E-state index in [1.54, 1.807) is 6.21 Å². The first kappa shape index (κ1) is 11.6. The molecule has 1 saturated heterocycles. The molecule has 1 atom stereocenters. The Labute approximate surface area is 100 Å². The van der Waals surface area contributed by atoms with Crippen molar-refractivity contribution in [1.29, 1.82) is 0 Å². The third-order valence-electron chi connectivity index (χ3n) is 2.90. The van der Waals surface area contributed by atoms with E-state index in [4.69, 9.17) is 5.73 Å². The maximum absolute atomic E-state index is 5.84. The second-order valence-corrected chi connectivity index (χ2v) is 4.25. The Hall–Kier alpha value is -1.85. The summed E-state index contributed by atoms with van der Waals surface area (Å²) in [5.41, 5.74) is 6.57. The molecule has 17 heavy (non-hydrogen) atoms. The first-order chi connectivity index (χ1) is 8.22. The van der Waals surface area contributed by atoms with Gasteiger partial charge in [-0.05, 0) is 12.3 Å². The molecule has 6 heteroatoms. The standard InChI is InChI=1S/C11H17N5O/c1-8-3-4-16(6-8)11-9(5-15-17-2)10(12)13-7-14-11/h5,7-8H,3-4,6H2,1-2H3,(H2,12,13,14)/b15-5+. The topological polar surface area (TPSA) is 76.6 Å². The number of nitrogens with zero attached hydrogens (tertiary/aromatic N) is 4. The molecule has 1 fully saturated rings. The molecule has 0 saturated carbocycles. The Morgan fingerprint density at radius 3 is 3.06 bits per heavy atom. The van der Waals surface area contributed by atoms with Crippen LogP contribution in [-0.2, 0) is 4.84 Å². The Kier molecular flexibility index (Phi) is 3.41. The van der Waals surface area contributed by atoms with Gasteiger partial charge in [-0.25, -0.2) is 9.97 Å². The zero-order chi connectivity index (χ0) is 12.3. The van der Waals surface area contributed by atoms with Crippen LogP contribution >= 0.6 is 0 Å². The van der Waals surface area contributed by atoms with Crippen LogP contribution in [0.2, 0.25) is 0 Å². The zero-order valence-electron chi connectivity index (χ0n) is 10.1. The fraction of sp³-hybridized carbons (Fsp3) is 0.545. The molecule has 0 aliphatic carbocycles. The molecular weight excluding hydrogens is 218 g/mol. The van der Waals surface area contributed by atoms with Gasteiger partial charge in [-0.2, -0.15) is 0 Å². The molecule has 92 valence electrons. The number of rotatable bonds is 3. The van der Waals surface area contributed by atoms with Crippen molar-refractivity contribution in [3.8, 4) is 0 Å². The van der Waals surface area contributed by atoms with Crippen LogP contribution in [0.1, 0.15) is 18.9 Å². The predicted molar refractivity (Wildman–Crippen MR) is 67.0 cm³/mol. The largest absolute Gasteiger partial charge is 0.399 e. The lowest BCUT2D eigenvalue weighted by Gasteiger charge is -2.19. The van der Waals surface area contributed by atoms with Crippen LogP contribution in [0.15, 0.2) is 11.5 Å². The number of nitrogens with two attached hydrogens (primary N) is 1. The summed E-state index contributed by atoms with van der Waals surface area (Å²) in [7, 11) is 1.49. The Bertz CT molecular complexity index is 420. The van der Waals surface area contributed by atoms with Crippen molar-refractivity contribution >= 4 is 17.9 Å². The van der Waals surface area contributed by atoms with Gasteiger partial charge in [0.05, 0.1) is 11.8 Å². The summed E-state index contributed by atoms with van der Waals surface area (Å²) < 4.78 is 0. The quantitative estimate of drug-likeness (QED) is 0.621. The lowest BCUT2D eigenvalue weighted by atomic mass is 10.2. The molecule has 0 amide bonds. The van der Waals surface area contributed by atoms with Crippen molar-refractivity contribution in [2.45, 2.75) is 13.3 Å². The molecule has 1 aliphatic rings. The molecule has 2 N–H and O–H groups in total. The van der Waals surface area contributed by atoms with Gasteiger partial charge in [-0.1, -0.05) is 12.1 Å². The SMILES string of the molecule is CO/N=C/c1c(N)ncnc1N1CCC(C)C1. The van der Waals surface area contributed by atoms with Gasteiger partial charge in [-0.15, -0.1) is 0 Å². The minimum absolute atomic E-state index is 0.426. The van der Waals surface area contributed by atoms with Crippen molar-refractivity contribution < 1.29 is 4.84 Å². The molecule has 2 rings (SSSR count). The third-order valence-corrected chi connectivity index (χ3v) is 2.90. The van der Waals surface area contributed by atoms with Crippen LogP contribution in [0.3, 0.4) is 0 Å². The van der Waals surface area contributed by atoms with E-state index in [-0.39, 0.29) is 0 Å². The molecule has 1 unspecified atom stereocenters. The number of aromatic nitrogens is 2. The van der Waals surface area contributed by atoms with Gasteiger partial charge in [-0.3, -0.25) is 0 Å². The highest BCUT2D eigenvalue weighted by molar-refractivity contribution is 5.91. The third kappa shape index (κ3) is 2.46. The Morgan fingerprint density at radius 2 is 2.41 bits per heavy atom. The van der Waals surface area contributed by atoms with E-state index >= 15 is 0 Å². The molecule has 1 aromatic rings. The minimum atomic E-state index is 0.426. The number of nitrogen functional groups attached to an aromatic ring is 1. The van der Waals surface area contributed by atoms with E-state index in [2.05, 4.69) is 31.8 Å². The van der Waals surface area contributed by atoms with Crippen molar-refractivity contribution in [3.63, 3.8) is 0 Å². The van der Waals surface area contributed by atoms with Crippen LogP contribution in [0.5, 0.6) is 0 Å². The summed E-state index contributed by atoms with van der Waals surface area (Å²) in [6, 6.07) is 0. The first-order valence-electron chi connectivity index (χ1n) is 5.64. The van der Waals surface area contributed by atoms with E-state index in [1.165, 1.54) is 19.9 Å². The molecule has 0 radical (unpaired) electrons. The van der Waals surface area contributed by atoms with Gasteiger partial charge < -0.3 is 15.5 Å². The normalized spacial score (nSPS) is 20.1. The smallest absolute Gasteiger partial charge is 0.143 e. The average molecular weight is 235 g/mol. The average Bonchev–Trinajstić information content (AvgIpc) is 2.74. The van der Waals surface area contributed by atoms with E-state index in [0.717, 1.165) is 24.5 Å². The van der Waals surface area contributed by atoms with Gasteiger partial charge in [0.15, 0.2) is 0 Å². The fourth-order valence-corrected chi connectivity index (χ4v) is 2.01. The molecule has 1 aromatic heterocycles. The van der Waals surface area contributed by atoms with Crippen molar-refractivity contribution in [1.82, 2.24) is 9.97 Å². The number of anilines is 2. The Balaban J connectivity index is 2.32. The summed E-state index contributed by atoms with van der Waals surface area (Å²) in [5, 5.41) is 3.74. The van der Waals surface area contributed by atoms with Gasteiger partial charge in [0.2, 0.25) is 0 Å². The second-order valence-electron chi connectivity index (χ2n) is 4.25. The van der Waals surface area contributed by atoms with Gasteiger partial charge in [0.25, 0.3) is 0 Å². The van der Waals surface area contributed by atoms with E-state index in [0.29, 0.717) is 11.7 Å². The summed E-state index contributed by atoms with van der Waals surface area (Å²) in [4.78, 5) is 15.2. The monoisotopic (exact) mass is 235 g/mol. The van der Waals surface area contributed by atoms with Crippen molar-refractivity contribution in [2.24, 2.45) is 11.1 Å². The molecule has 0 aromatic carbocycles. The molecule has 1 aliphatic heterocycles. The van der Waals surface area contributed by atoms with Crippen molar-refractivity contribution in [2.75, 3.05) is 30.8 Å². The second kappa shape index (κ2) is 4.99. The van der Waals surface area contributed by atoms with Crippen LogP contribution < -0.4 is 10.6 Å². The number of oxime groups is 1. The number of hydrogen-bond acceptors (Lipinski definition) is 6. The molecule has 2 heterocycles. The number of hydrogen-bond donors (Lipinski definition) is 1. The molecule has 6 nitrogen and oxygen atoms in total. The van der Waals surface area contributed by atoms with Crippen LogP contribution in [-0.4, -0.2) is 36.4 Å². The molecular formula is C11H17N5O. The summed E-state index contributed by atoms with van der Waals surface area (Å²) in [6.07, 6.45) is 4.22. The van der Waals surface area contributed by atoms with Crippen LogP contribution in [0.25, 0.3) is 0 Å². The maximum Gasteiger partial charge on any atom is 0.143 e. The molecule has 0 bridgehead atoms. The lowest BCUT2D eigenvalue weighted by Crippen LogP contribution is -2.22. The van der Waals surface area contributed by atoms with Gasteiger partial charge in [0.1, 0.15) is 25.1 Å². The maximum atomic E-state index is 5.84. The molecule has 0 spiro atoms. The highest BCUT2D eigenvalue weighted by Gasteiger charge is 2.22. The predicted octanol–water partition coefficient (Wildman–Crippen LogP) is 0.885. The van der Waals surface area contributed by atoms with E-state index in [1.807, 2.05) is 0 Å². The minimum Gasteiger partial charge on any atom is -0.399 e. The highest BCUT2D eigenvalue weighted by atomic mass is 16.6. The first-order valence-corrected chi connectivity index (χ1v) is 5.64. The van der Waals surface area contributed by atoms with Gasteiger partial charge in [0, 0.05) is 13.1 Å². The summed E-state index contributed by atoms with van der Waals surface area (Å²) in [6.45, 7) is 4.21. The lowest BCUT2D eigenvalue weighted by molar-refractivity contribution is 0.215. The zero-order valence-corrected chi connectivity index (χ0v) is 10.1. The summed E-state index contributed by atoms with van der Waals surface area (Å²) >= 11 is 0. The van der Waals surface area contributed by atoms with Crippen LogP contribution in [0, 0.1) is 5.92 Å². The highest BCUT2D eigenvalue weighted by Crippen LogP contribution is 2.25. The van der Waals surface area contributed by atoms with Gasteiger partial charge >= 0.3 is 0 Å². The summed E-state index contributed by atoms with van der Waals surface area (Å²) in [5.74, 6) is 1.94. The van der Waals surface area contributed by atoms with Crippen molar-refractivity contribution in [3.05, 3.63) is 11.9 Å². The van der Waals surface area contributed by atoms with Crippen LogP contribution in [0.4, 0.5) is 11.6 Å². The van der Waals surface area contributed by atoms with E-state index in [9.17, 15) is 0 Å².